The van der Waals surface area contributed by atoms with Crippen LogP contribution in [0.4, 0.5) is 11.4 Å². The predicted molar refractivity (Wildman–Crippen MR) is 153 cm³/mol. The van der Waals surface area contributed by atoms with E-state index in [4.69, 9.17) is 10.5 Å². The molecule has 0 spiro atoms. The second-order valence-electron chi connectivity index (χ2n) is 9.51. The monoisotopic (exact) mass is 630 g/mol. The van der Waals surface area contributed by atoms with Crippen LogP contribution in [0.2, 0.25) is 0 Å². The molecule has 37 heavy (non-hydrogen) atoms. The number of nitrogen functional groups attached to an aromatic ring is 1. The maximum atomic E-state index is 13.6. The van der Waals surface area contributed by atoms with Crippen molar-refractivity contribution in [3.63, 3.8) is 0 Å². The van der Waals surface area contributed by atoms with E-state index < -0.39 is 9.84 Å². The average molecular weight is 631 g/mol. The Morgan fingerprint density at radius 1 is 0.919 bits per heavy atom. The third-order valence-corrected chi connectivity index (χ3v) is 10.8. The first-order chi connectivity index (χ1) is 17.8. The molecule has 0 amide bonds. The molecule has 0 unspecified atom stereocenters. The smallest absolute Gasteiger partial charge is 0.196 e. The second-order valence-corrected chi connectivity index (χ2v) is 13.4. The summed E-state index contributed by atoms with van der Waals surface area (Å²) in [4.78, 5) is 27.1. The minimum atomic E-state index is -3.17. The van der Waals surface area contributed by atoms with Gasteiger partial charge in [-0.1, -0.05) is 78.3 Å². The average Bonchev–Trinajstić information content (AvgIpc) is 2.90. The van der Waals surface area contributed by atoms with E-state index in [1.807, 2.05) is 22.6 Å². The zero-order chi connectivity index (χ0) is 26.2. The van der Waals surface area contributed by atoms with E-state index in [1.165, 1.54) is 6.42 Å². The van der Waals surface area contributed by atoms with Gasteiger partial charge in [0, 0.05) is 23.2 Å². The van der Waals surface area contributed by atoms with Gasteiger partial charge in [-0.2, -0.15) is 0 Å². The molecule has 0 bridgehead atoms. The van der Waals surface area contributed by atoms with Gasteiger partial charge in [0.2, 0.25) is 0 Å². The van der Waals surface area contributed by atoms with Crippen molar-refractivity contribution in [1.29, 1.82) is 0 Å². The van der Waals surface area contributed by atoms with Crippen LogP contribution in [-0.4, -0.2) is 29.8 Å². The number of alkyl halides is 1. The lowest BCUT2D eigenvalue weighted by Crippen LogP contribution is -2.28. The van der Waals surface area contributed by atoms with Crippen LogP contribution in [0.5, 0.6) is 11.5 Å². The molecular weight excluding hydrogens is 603 g/mol. The summed E-state index contributed by atoms with van der Waals surface area (Å²) in [6.45, 7) is 0. The van der Waals surface area contributed by atoms with Gasteiger partial charge in [-0.05, 0) is 30.5 Å². The Balaban J connectivity index is 1.55. The zero-order valence-corrected chi connectivity index (χ0v) is 23.1. The number of fused-ring (bicyclic) bond motifs is 2. The minimum absolute atomic E-state index is 0.0430. The Bertz CT molecular complexity index is 1480. The maximum absolute atomic E-state index is 13.6. The van der Waals surface area contributed by atoms with Gasteiger partial charge >= 0.3 is 0 Å². The van der Waals surface area contributed by atoms with Gasteiger partial charge < -0.3 is 15.8 Å². The van der Waals surface area contributed by atoms with Crippen molar-refractivity contribution in [2.45, 2.75) is 43.9 Å². The molecule has 7 nitrogen and oxygen atoms in total. The molecule has 192 valence electrons. The molecule has 5 rings (SSSR count). The van der Waals surface area contributed by atoms with Gasteiger partial charge in [0.1, 0.15) is 9.51 Å². The Morgan fingerprint density at radius 2 is 1.54 bits per heavy atom. The van der Waals surface area contributed by atoms with E-state index in [0.29, 0.717) is 33.7 Å². The molecule has 0 aromatic heterocycles. The summed E-state index contributed by atoms with van der Waals surface area (Å²) in [7, 11) is -3.17. The Hall–Kier alpha value is -2.92. The summed E-state index contributed by atoms with van der Waals surface area (Å²) in [5, 5.41) is 3.51. The third kappa shape index (κ3) is 5.24. The van der Waals surface area contributed by atoms with Gasteiger partial charge in [0.15, 0.2) is 27.2 Å². The van der Waals surface area contributed by atoms with Crippen molar-refractivity contribution >= 4 is 55.4 Å². The summed E-state index contributed by atoms with van der Waals surface area (Å²) in [6, 6.07) is 15.4. The largest absolute Gasteiger partial charge is 0.455 e. The number of nitrogens with one attached hydrogen (secondary N) is 1. The first kappa shape index (κ1) is 25.7. The number of carbonyl (C=O) groups excluding carboxylic acids is 2. The summed E-state index contributed by atoms with van der Waals surface area (Å²) in [6.07, 6.45) is 5.36. The van der Waals surface area contributed by atoms with E-state index in [-0.39, 0.29) is 44.1 Å². The summed E-state index contributed by atoms with van der Waals surface area (Å²) < 4.78 is 30.1. The zero-order valence-electron chi connectivity index (χ0n) is 20.1. The molecule has 1 saturated carbocycles. The van der Waals surface area contributed by atoms with E-state index >= 15 is 0 Å². The van der Waals surface area contributed by atoms with Gasteiger partial charge in [-0.25, -0.2) is 8.42 Å². The van der Waals surface area contributed by atoms with Crippen LogP contribution in [0.1, 0.15) is 69.5 Å². The first-order valence-corrected chi connectivity index (χ1v) is 15.6. The van der Waals surface area contributed by atoms with Gasteiger partial charge in [-0.3, -0.25) is 9.59 Å². The van der Waals surface area contributed by atoms with Crippen molar-refractivity contribution in [2.24, 2.45) is 0 Å². The number of anilines is 2. The summed E-state index contributed by atoms with van der Waals surface area (Å²) in [5.74, 6) is 0.121. The number of hydrogen-bond acceptors (Lipinski definition) is 7. The van der Waals surface area contributed by atoms with Gasteiger partial charge in [0.05, 0.1) is 28.3 Å². The molecule has 0 radical (unpaired) electrons. The highest BCUT2D eigenvalue weighted by Gasteiger charge is 2.35. The number of ether oxygens (including phenoxy) is 1. The van der Waals surface area contributed by atoms with Crippen molar-refractivity contribution < 1.29 is 22.7 Å². The first-order valence-electron chi connectivity index (χ1n) is 12.2. The van der Waals surface area contributed by atoms with Crippen LogP contribution >= 0.6 is 22.6 Å². The number of rotatable bonds is 7. The number of sulfone groups is 1. The normalized spacial score (nSPS) is 15.7. The molecule has 0 saturated heterocycles. The topological polar surface area (TPSA) is 116 Å². The molecule has 0 atom stereocenters. The van der Waals surface area contributed by atoms with Crippen LogP contribution in [0.25, 0.3) is 0 Å². The van der Waals surface area contributed by atoms with Crippen molar-refractivity contribution in [1.82, 2.24) is 0 Å². The van der Waals surface area contributed by atoms with Crippen molar-refractivity contribution in [2.75, 3.05) is 14.8 Å². The fraction of sp³-hybridized carbons (Fsp3) is 0.286. The van der Waals surface area contributed by atoms with Crippen LogP contribution in [0.15, 0.2) is 54.6 Å². The van der Waals surface area contributed by atoms with Gasteiger partial charge in [-0.15, -0.1) is 0 Å². The van der Waals surface area contributed by atoms with Crippen molar-refractivity contribution in [3.05, 3.63) is 82.4 Å². The molecule has 3 aromatic carbocycles. The molecular formula is C28H27IN2O5S. The number of ketones is 2. The number of halogens is 1. The number of hydrogen-bond donors (Lipinski definition) is 2. The minimum Gasteiger partial charge on any atom is -0.455 e. The lowest BCUT2D eigenvalue weighted by Gasteiger charge is -2.28. The number of nitrogens with two attached hydrogens (primary N) is 1. The SMILES string of the molecule is Nc1c(Oc2ccc(CS(=O)(=O)CI)cc2)cc(NC2CCCCC2)c2c1C(=O)c1ccccc1C2=O. The number of benzene rings is 3. The molecule has 9 heteroatoms. The fourth-order valence-corrected chi connectivity index (χ4v) is 6.47. The van der Waals surface area contributed by atoms with E-state index in [2.05, 4.69) is 5.32 Å². The maximum Gasteiger partial charge on any atom is 0.196 e. The van der Waals surface area contributed by atoms with Crippen LogP contribution in [0, 0.1) is 0 Å². The van der Waals surface area contributed by atoms with E-state index in [1.54, 1.807) is 54.6 Å². The van der Waals surface area contributed by atoms with Crippen LogP contribution in [0.3, 0.4) is 0 Å². The molecule has 3 N–H and O–H groups in total. The van der Waals surface area contributed by atoms with Crippen LogP contribution < -0.4 is 15.8 Å². The predicted octanol–water partition coefficient (Wildman–Crippen LogP) is 5.89. The Morgan fingerprint density at radius 3 is 2.16 bits per heavy atom. The quantitative estimate of drug-likeness (QED) is 0.149. The molecule has 2 aliphatic carbocycles. The highest BCUT2D eigenvalue weighted by Crippen LogP contribution is 2.42. The lowest BCUT2D eigenvalue weighted by atomic mass is 9.81. The van der Waals surface area contributed by atoms with Crippen LogP contribution in [-0.2, 0) is 15.6 Å². The third-order valence-electron chi connectivity index (χ3n) is 6.87. The van der Waals surface area contributed by atoms with E-state index in [0.717, 1.165) is 25.7 Å². The molecule has 2 aliphatic rings. The van der Waals surface area contributed by atoms with Crippen molar-refractivity contribution in [3.8, 4) is 11.5 Å². The standard InChI is InChI=1S/C28H27IN2O5S/c29-16-37(34,35)15-17-10-12-19(13-11-17)36-23-14-22(31-18-6-2-1-3-7-18)24-25(26(23)30)28(33)21-9-5-4-8-20(21)27(24)32/h4-5,8-14,18,31H,1-3,6-7,15-16,30H2. The fourth-order valence-electron chi connectivity index (χ4n) is 5.03. The summed E-state index contributed by atoms with van der Waals surface area (Å²) in [5.41, 5.74) is 8.94. The highest BCUT2D eigenvalue weighted by molar-refractivity contribution is 14.1. The summed E-state index contributed by atoms with van der Waals surface area (Å²) >= 11 is 1.84. The van der Waals surface area contributed by atoms with E-state index in [9.17, 15) is 18.0 Å². The molecule has 1 fully saturated rings. The Kier molecular flexibility index (Phi) is 7.26. The molecule has 0 aliphatic heterocycles. The molecule has 0 heterocycles. The second kappa shape index (κ2) is 10.4. The van der Waals surface area contributed by atoms with Gasteiger partial charge in [0.25, 0.3) is 0 Å². The lowest BCUT2D eigenvalue weighted by molar-refractivity contribution is 0.0980. The Labute approximate surface area is 229 Å². The molecule has 3 aromatic rings. The highest BCUT2D eigenvalue weighted by atomic mass is 127. The number of carbonyl (C=O) groups is 2.